The zero-order valence-electron chi connectivity index (χ0n) is 10.1. The topological polar surface area (TPSA) is 55.6 Å². The van der Waals surface area contributed by atoms with Crippen molar-refractivity contribution in [2.75, 3.05) is 20.7 Å². The number of nitrogens with two attached hydrogens (primary N) is 1. The minimum absolute atomic E-state index is 0.0596. The molecule has 0 heterocycles. The van der Waals surface area contributed by atoms with Gasteiger partial charge >= 0.3 is 0 Å². The summed E-state index contributed by atoms with van der Waals surface area (Å²) < 4.78 is 18.7. The monoisotopic (exact) mass is 240 g/mol. The van der Waals surface area contributed by atoms with Gasteiger partial charge in [0.15, 0.2) is 11.6 Å². The van der Waals surface area contributed by atoms with Crippen LogP contribution in [0, 0.1) is 5.82 Å². The lowest BCUT2D eigenvalue weighted by Crippen LogP contribution is -2.23. The first-order valence-corrected chi connectivity index (χ1v) is 5.36. The van der Waals surface area contributed by atoms with Crippen molar-refractivity contribution >= 4 is 5.91 Å². The highest BCUT2D eigenvalue weighted by Crippen LogP contribution is 2.22. The third-order valence-corrected chi connectivity index (χ3v) is 2.33. The van der Waals surface area contributed by atoms with Gasteiger partial charge in [-0.1, -0.05) is 12.1 Å². The molecule has 0 radical (unpaired) electrons. The number of carbonyl (C=O) groups excluding carboxylic acids is 1. The van der Waals surface area contributed by atoms with E-state index in [1.54, 1.807) is 26.2 Å². The normalized spacial score (nSPS) is 10.1. The standard InChI is InChI=1S/C12H17FN2O2/c1-15(2)11(16)6-7-17-12-9(8-14)4-3-5-10(12)13/h3-5H,6-8,14H2,1-2H3. The van der Waals surface area contributed by atoms with E-state index in [4.69, 9.17) is 10.5 Å². The molecule has 1 aromatic carbocycles. The van der Waals surface area contributed by atoms with Gasteiger partial charge in [0.2, 0.25) is 5.91 Å². The van der Waals surface area contributed by atoms with Crippen LogP contribution in [0.25, 0.3) is 0 Å². The summed E-state index contributed by atoms with van der Waals surface area (Å²) in [5.74, 6) is -0.373. The smallest absolute Gasteiger partial charge is 0.225 e. The van der Waals surface area contributed by atoms with E-state index in [1.165, 1.54) is 11.0 Å². The highest BCUT2D eigenvalue weighted by molar-refractivity contribution is 5.75. The number of amides is 1. The molecule has 1 aromatic rings. The molecule has 94 valence electrons. The minimum atomic E-state index is -0.453. The maximum atomic E-state index is 13.4. The average molecular weight is 240 g/mol. The van der Waals surface area contributed by atoms with Crippen molar-refractivity contribution < 1.29 is 13.9 Å². The Bertz CT molecular complexity index is 394. The number of rotatable bonds is 5. The quantitative estimate of drug-likeness (QED) is 0.839. The van der Waals surface area contributed by atoms with E-state index in [-0.39, 0.29) is 31.2 Å². The molecule has 0 unspecified atom stereocenters. The van der Waals surface area contributed by atoms with Crippen LogP contribution in [-0.4, -0.2) is 31.5 Å². The average Bonchev–Trinajstić information content (AvgIpc) is 2.30. The first kappa shape index (κ1) is 13.4. The Balaban J connectivity index is 2.60. The van der Waals surface area contributed by atoms with Gasteiger partial charge in [-0.15, -0.1) is 0 Å². The van der Waals surface area contributed by atoms with Crippen LogP contribution in [-0.2, 0) is 11.3 Å². The Morgan fingerprint density at radius 3 is 2.76 bits per heavy atom. The predicted octanol–water partition coefficient (Wildman–Crippen LogP) is 1.14. The third-order valence-electron chi connectivity index (χ3n) is 2.33. The van der Waals surface area contributed by atoms with Crippen molar-refractivity contribution in [3.63, 3.8) is 0 Å². The molecule has 0 spiro atoms. The lowest BCUT2D eigenvalue weighted by molar-refractivity contribution is -0.129. The van der Waals surface area contributed by atoms with E-state index in [1.807, 2.05) is 0 Å². The van der Waals surface area contributed by atoms with Gasteiger partial charge in [0, 0.05) is 26.2 Å². The van der Waals surface area contributed by atoms with Crippen molar-refractivity contribution in [2.45, 2.75) is 13.0 Å². The third kappa shape index (κ3) is 3.71. The number of carbonyl (C=O) groups is 1. The molecule has 0 aliphatic heterocycles. The highest BCUT2D eigenvalue weighted by Gasteiger charge is 2.10. The Morgan fingerprint density at radius 1 is 1.47 bits per heavy atom. The van der Waals surface area contributed by atoms with Gasteiger partial charge in [-0.05, 0) is 6.07 Å². The van der Waals surface area contributed by atoms with Gasteiger partial charge in [0.05, 0.1) is 13.0 Å². The fourth-order valence-corrected chi connectivity index (χ4v) is 1.34. The molecule has 0 aliphatic rings. The molecule has 17 heavy (non-hydrogen) atoms. The first-order chi connectivity index (χ1) is 8.06. The van der Waals surface area contributed by atoms with E-state index in [9.17, 15) is 9.18 Å². The minimum Gasteiger partial charge on any atom is -0.490 e. The van der Waals surface area contributed by atoms with Crippen molar-refractivity contribution in [1.29, 1.82) is 0 Å². The van der Waals surface area contributed by atoms with E-state index < -0.39 is 5.82 Å². The van der Waals surface area contributed by atoms with Crippen LogP contribution in [0.4, 0.5) is 4.39 Å². The summed E-state index contributed by atoms with van der Waals surface area (Å²) in [5, 5.41) is 0. The number of ether oxygens (including phenoxy) is 1. The molecular formula is C12H17FN2O2. The van der Waals surface area contributed by atoms with Crippen LogP contribution in [0.3, 0.4) is 0 Å². The van der Waals surface area contributed by atoms with Crippen molar-refractivity contribution in [3.8, 4) is 5.75 Å². The summed E-state index contributed by atoms with van der Waals surface area (Å²) in [7, 11) is 3.33. The Kier molecular flexibility index (Phi) is 4.90. The molecule has 4 nitrogen and oxygen atoms in total. The number of nitrogens with zero attached hydrogens (tertiary/aromatic N) is 1. The second kappa shape index (κ2) is 6.20. The zero-order valence-corrected chi connectivity index (χ0v) is 10.1. The van der Waals surface area contributed by atoms with Gasteiger partial charge in [-0.3, -0.25) is 4.79 Å². The SMILES string of the molecule is CN(C)C(=O)CCOc1c(F)cccc1CN. The summed E-state index contributed by atoms with van der Waals surface area (Å²) in [6.45, 7) is 0.347. The summed E-state index contributed by atoms with van der Waals surface area (Å²) in [6.07, 6.45) is 0.214. The van der Waals surface area contributed by atoms with E-state index in [0.29, 0.717) is 5.56 Å². The maximum absolute atomic E-state index is 13.4. The maximum Gasteiger partial charge on any atom is 0.225 e. The molecule has 1 rings (SSSR count). The van der Waals surface area contributed by atoms with Gasteiger partial charge in [0.25, 0.3) is 0 Å². The van der Waals surface area contributed by atoms with Gasteiger partial charge < -0.3 is 15.4 Å². The fourth-order valence-electron chi connectivity index (χ4n) is 1.34. The van der Waals surface area contributed by atoms with Crippen molar-refractivity contribution in [2.24, 2.45) is 5.73 Å². The van der Waals surface area contributed by atoms with E-state index in [2.05, 4.69) is 0 Å². The van der Waals surface area contributed by atoms with E-state index in [0.717, 1.165) is 0 Å². The number of halogens is 1. The van der Waals surface area contributed by atoms with Crippen LogP contribution >= 0.6 is 0 Å². The number of hydrogen-bond acceptors (Lipinski definition) is 3. The molecule has 0 saturated heterocycles. The summed E-state index contributed by atoms with van der Waals surface area (Å²) in [4.78, 5) is 12.8. The molecule has 0 fully saturated rings. The number of hydrogen-bond donors (Lipinski definition) is 1. The molecule has 0 saturated carbocycles. The van der Waals surface area contributed by atoms with Crippen LogP contribution in [0.5, 0.6) is 5.75 Å². The van der Waals surface area contributed by atoms with Gasteiger partial charge in [0.1, 0.15) is 0 Å². The van der Waals surface area contributed by atoms with Gasteiger partial charge in [-0.2, -0.15) is 0 Å². The second-order valence-corrected chi connectivity index (χ2v) is 3.82. The number of benzene rings is 1. The van der Waals surface area contributed by atoms with Crippen LogP contribution in [0.2, 0.25) is 0 Å². The Hall–Kier alpha value is -1.62. The Labute approximate surface area is 100 Å². The molecule has 5 heteroatoms. The fraction of sp³-hybridized carbons (Fsp3) is 0.417. The lowest BCUT2D eigenvalue weighted by Gasteiger charge is -2.13. The van der Waals surface area contributed by atoms with Crippen molar-refractivity contribution in [1.82, 2.24) is 4.90 Å². The molecular weight excluding hydrogens is 223 g/mol. The lowest BCUT2D eigenvalue weighted by atomic mass is 10.2. The molecule has 0 atom stereocenters. The molecule has 0 aliphatic carbocycles. The van der Waals surface area contributed by atoms with E-state index >= 15 is 0 Å². The Morgan fingerprint density at radius 2 is 2.18 bits per heavy atom. The van der Waals surface area contributed by atoms with Gasteiger partial charge in [-0.25, -0.2) is 4.39 Å². The van der Waals surface area contributed by atoms with Crippen LogP contribution < -0.4 is 10.5 Å². The van der Waals surface area contributed by atoms with Crippen molar-refractivity contribution in [3.05, 3.63) is 29.6 Å². The largest absolute Gasteiger partial charge is 0.490 e. The molecule has 1 amide bonds. The molecule has 0 aromatic heterocycles. The molecule has 2 N–H and O–H groups in total. The summed E-state index contributed by atoms with van der Waals surface area (Å²) in [6, 6.07) is 4.59. The van der Waals surface area contributed by atoms with Crippen LogP contribution in [0.15, 0.2) is 18.2 Å². The summed E-state index contributed by atoms with van der Waals surface area (Å²) >= 11 is 0. The first-order valence-electron chi connectivity index (χ1n) is 5.36. The summed E-state index contributed by atoms with van der Waals surface area (Å²) in [5.41, 5.74) is 6.08. The predicted molar refractivity (Wildman–Crippen MR) is 63.1 cm³/mol. The highest BCUT2D eigenvalue weighted by atomic mass is 19.1. The second-order valence-electron chi connectivity index (χ2n) is 3.82. The number of para-hydroxylation sites is 1. The zero-order chi connectivity index (χ0) is 12.8. The van der Waals surface area contributed by atoms with Crippen LogP contribution in [0.1, 0.15) is 12.0 Å². The molecule has 0 bridgehead atoms.